The molecule has 0 fully saturated rings. The smallest absolute Gasteiger partial charge is 0.166 e. The topological polar surface area (TPSA) is 35.2 Å². The van der Waals surface area contributed by atoms with Crippen LogP contribution in [0, 0.1) is 0 Å². The van der Waals surface area contributed by atoms with Gasteiger partial charge in [0.1, 0.15) is 5.02 Å². The molecule has 0 aliphatic rings. The van der Waals surface area contributed by atoms with Crippen molar-refractivity contribution in [2.45, 2.75) is 0 Å². The number of hydrogen-bond donors (Lipinski definition) is 1. The van der Waals surface area contributed by atoms with E-state index in [4.69, 9.17) is 29.1 Å². The van der Waals surface area contributed by atoms with Crippen LogP contribution in [0.5, 0.6) is 5.75 Å². The molecule has 0 spiro atoms. The van der Waals surface area contributed by atoms with E-state index in [2.05, 4.69) is 4.84 Å². The Balaban J connectivity index is 3.14. The highest BCUT2D eigenvalue weighted by molar-refractivity contribution is 6.42. The lowest BCUT2D eigenvalue weighted by atomic mass is 10.3. The van der Waals surface area contributed by atoms with Crippen LogP contribution in [-0.2, 0) is 0 Å². The van der Waals surface area contributed by atoms with Crippen molar-refractivity contribution in [2.24, 2.45) is 5.90 Å². The maximum atomic E-state index is 5.66. The molecule has 4 heteroatoms. The monoisotopic (exact) mass is 177 g/mol. The Kier molecular flexibility index (Phi) is 2.38. The van der Waals surface area contributed by atoms with Gasteiger partial charge in [-0.2, -0.15) is 5.90 Å². The van der Waals surface area contributed by atoms with Crippen LogP contribution in [0.1, 0.15) is 0 Å². The first-order valence-electron chi connectivity index (χ1n) is 2.56. The molecular weight excluding hydrogens is 173 g/mol. The van der Waals surface area contributed by atoms with Crippen molar-refractivity contribution in [1.82, 2.24) is 0 Å². The second kappa shape index (κ2) is 3.10. The average molecular weight is 178 g/mol. The summed E-state index contributed by atoms with van der Waals surface area (Å²) in [5.74, 6) is 5.26. The second-order valence-corrected chi connectivity index (χ2v) is 2.45. The van der Waals surface area contributed by atoms with Crippen LogP contribution >= 0.6 is 23.2 Å². The first-order chi connectivity index (χ1) is 4.75. The molecule has 1 aromatic rings. The molecule has 0 saturated carbocycles. The van der Waals surface area contributed by atoms with Gasteiger partial charge >= 0.3 is 0 Å². The SMILES string of the molecule is NOc1cccc(Cl)c1Cl. The van der Waals surface area contributed by atoms with Gasteiger partial charge in [-0.1, -0.05) is 29.3 Å². The maximum absolute atomic E-state index is 5.66. The number of halogens is 2. The van der Waals surface area contributed by atoms with Crippen LogP contribution in [0.4, 0.5) is 0 Å². The summed E-state index contributed by atoms with van der Waals surface area (Å²) in [6.07, 6.45) is 0. The molecule has 2 N–H and O–H groups in total. The van der Waals surface area contributed by atoms with Gasteiger partial charge in [0.25, 0.3) is 0 Å². The van der Waals surface area contributed by atoms with Gasteiger partial charge in [0.15, 0.2) is 5.75 Å². The molecule has 0 saturated heterocycles. The molecular formula is C6H5Cl2NO. The van der Waals surface area contributed by atoms with Gasteiger partial charge < -0.3 is 4.84 Å². The fourth-order valence-electron chi connectivity index (χ4n) is 0.575. The molecule has 0 aliphatic carbocycles. The number of hydrogen-bond acceptors (Lipinski definition) is 2. The Bertz CT molecular complexity index is 239. The van der Waals surface area contributed by atoms with E-state index >= 15 is 0 Å². The van der Waals surface area contributed by atoms with Crippen molar-refractivity contribution in [3.8, 4) is 5.75 Å². The fraction of sp³-hybridized carbons (Fsp3) is 0. The van der Waals surface area contributed by atoms with Crippen LogP contribution in [0.2, 0.25) is 10.0 Å². The minimum atomic E-state index is 0.340. The summed E-state index contributed by atoms with van der Waals surface area (Å²) in [6, 6.07) is 5.00. The summed E-state index contributed by atoms with van der Waals surface area (Å²) in [4.78, 5) is 4.41. The zero-order valence-electron chi connectivity index (χ0n) is 4.97. The molecule has 1 aromatic carbocycles. The fourth-order valence-corrected chi connectivity index (χ4v) is 0.911. The molecule has 0 unspecified atom stereocenters. The van der Waals surface area contributed by atoms with Gasteiger partial charge in [-0.25, -0.2) is 0 Å². The van der Waals surface area contributed by atoms with E-state index in [1.165, 1.54) is 0 Å². The summed E-state index contributed by atoms with van der Waals surface area (Å²) < 4.78 is 0. The van der Waals surface area contributed by atoms with E-state index in [9.17, 15) is 0 Å². The van der Waals surface area contributed by atoms with Crippen LogP contribution in [-0.4, -0.2) is 0 Å². The number of rotatable bonds is 1. The van der Waals surface area contributed by atoms with Crippen molar-refractivity contribution < 1.29 is 4.84 Å². The lowest BCUT2D eigenvalue weighted by Crippen LogP contribution is -2.01. The minimum Gasteiger partial charge on any atom is -0.410 e. The highest BCUT2D eigenvalue weighted by Crippen LogP contribution is 2.30. The van der Waals surface area contributed by atoms with Gasteiger partial charge in [0.05, 0.1) is 5.02 Å². The predicted molar refractivity (Wildman–Crippen MR) is 41.3 cm³/mol. The van der Waals surface area contributed by atoms with Crippen LogP contribution in [0.3, 0.4) is 0 Å². The Morgan fingerprint density at radius 1 is 1.30 bits per heavy atom. The molecule has 0 atom stereocenters. The van der Waals surface area contributed by atoms with Gasteiger partial charge in [-0.15, -0.1) is 0 Å². The van der Waals surface area contributed by atoms with Gasteiger partial charge in [0, 0.05) is 0 Å². The lowest BCUT2D eigenvalue weighted by Gasteiger charge is -2.00. The molecule has 0 bridgehead atoms. The molecule has 0 aliphatic heterocycles. The third kappa shape index (κ3) is 1.34. The summed E-state index contributed by atoms with van der Waals surface area (Å²) in [6.45, 7) is 0. The average Bonchev–Trinajstić information content (AvgIpc) is 1.95. The third-order valence-electron chi connectivity index (χ3n) is 1.04. The first-order valence-corrected chi connectivity index (χ1v) is 3.32. The van der Waals surface area contributed by atoms with E-state index in [1.54, 1.807) is 18.2 Å². The molecule has 0 amide bonds. The van der Waals surface area contributed by atoms with E-state index in [-0.39, 0.29) is 0 Å². The largest absolute Gasteiger partial charge is 0.410 e. The standard InChI is InChI=1S/C6H5Cl2NO/c7-4-2-1-3-5(10-9)6(4)8/h1-3H,9H2. The Morgan fingerprint density at radius 3 is 2.50 bits per heavy atom. The normalized spacial score (nSPS) is 9.50. The second-order valence-electron chi connectivity index (χ2n) is 1.67. The molecule has 0 radical (unpaired) electrons. The quantitative estimate of drug-likeness (QED) is 0.669. The molecule has 2 nitrogen and oxygen atoms in total. The molecule has 10 heavy (non-hydrogen) atoms. The van der Waals surface area contributed by atoms with Crippen LogP contribution < -0.4 is 10.7 Å². The summed E-state index contributed by atoms with van der Waals surface area (Å²) in [5, 5.41) is 0.774. The van der Waals surface area contributed by atoms with E-state index < -0.39 is 0 Å². The molecule has 1 rings (SSSR count). The van der Waals surface area contributed by atoms with Crippen LogP contribution in [0.15, 0.2) is 18.2 Å². The zero-order valence-corrected chi connectivity index (χ0v) is 6.49. The summed E-state index contributed by atoms with van der Waals surface area (Å²) in [5.41, 5.74) is 0. The minimum absolute atomic E-state index is 0.340. The molecule has 0 heterocycles. The molecule has 0 aromatic heterocycles. The van der Waals surface area contributed by atoms with Gasteiger partial charge in [-0.05, 0) is 12.1 Å². The van der Waals surface area contributed by atoms with E-state index in [0.29, 0.717) is 15.8 Å². The van der Waals surface area contributed by atoms with Crippen LogP contribution in [0.25, 0.3) is 0 Å². The van der Waals surface area contributed by atoms with Gasteiger partial charge in [0.2, 0.25) is 0 Å². The Labute approximate surface area is 68.4 Å². The van der Waals surface area contributed by atoms with E-state index in [0.717, 1.165) is 0 Å². The third-order valence-corrected chi connectivity index (χ3v) is 1.84. The van der Waals surface area contributed by atoms with Gasteiger partial charge in [-0.3, -0.25) is 0 Å². The highest BCUT2D eigenvalue weighted by atomic mass is 35.5. The van der Waals surface area contributed by atoms with Crippen molar-refractivity contribution in [1.29, 1.82) is 0 Å². The zero-order chi connectivity index (χ0) is 7.56. The Hall–Kier alpha value is -0.440. The first kappa shape index (κ1) is 7.66. The maximum Gasteiger partial charge on any atom is 0.166 e. The number of benzene rings is 1. The van der Waals surface area contributed by atoms with E-state index in [1.807, 2.05) is 0 Å². The number of nitrogens with two attached hydrogens (primary N) is 1. The lowest BCUT2D eigenvalue weighted by molar-refractivity contribution is 0.335. The van der Waals surface area contributed by atoms with Crippen molar-refractivity contribution in [2.75, 3.05) is 0 Å². The Morgan fingerprint density at radius 2 is 2.00 bits per heavy atom. The van der Waals surface area contributed by atoms with Crippen molar-refractivity contribution in [3.05, 3.63) is 28.2 Å². The predicted octanol–water partition coefficient (Wildman–Crippen LogP) is 2.25. The summed E-state index contributed by atoms with van der Waals surface area (Å²) in [7, 11) is 0. The molecule has 54 valence electrons. The van der Waals surface area contributed by atoms with Crippen molar-refractivity contribution >= 4 is 23.2 Å². The summed E-state index contributed by atoms with van der Waals surface area (Å²) >= 11 is 11.3. The highest BCUT2D eigenvalue weighted by Gasteiger charge is 2.02. The van der Waals surface area contributed by atoms with Crippen molar-refractivity contribution in [3.63, 3.8) is 0 Å².